The van der Waals surface area contributed by atoms with Gasteiger partial charge < -0.3 is 9.47 Å². The lowest BCUT2D eigenvalue weighted by molar-refractivity contribution is 0.0506. The molecule has 2 atom stereocenters. The molecule has 0 heterocycles. The van der Waals surface area contributed by atoms with Crippen LogP contribution in [0.5, 0.6) is 5.75 Å². The van der Waals surface area contributed by atoms with Crippen molar-refractivity contribution < 1.29 is 9.47 Å². The summed E-state index contributed by atoms with van der Waals surface area (Å²) in [6.07, 6.45) is 2.61. The van der Waals surface area contributed by atoms with Crippen LogP contribution >= 0.6 is 0 Å². The Hall–Kier alpha value is -1.10. The summed E-state index contributed by atoms with van der Waals surface area (Å²) in [6, 6.07) is 8.08. The molecule has 1 aliphatic carbocycles. The first-order valence-corrected chi connectivity index (χ1v) is 6.51. The predicted molar refractivity (Wildman–Crippen MR) is 71.2 cm³/mol. The van der Waals surface area contributed by atoms with Gasteiger partial charge in [-0.15, -0.1) is 0 Å². The smallest absolute Gasteiger partial charge is 0.119 e. The van der Waals surface area contributed by atoms with Gasteiger partial charge in [0, 0.05) is 7.11 Å². The summed E-state index contributed by atoms with van der Waals surface area (Å²) in [7, 11) is 1.75. The van der Waals surface area contributed by atoms with Crippen LogP contribution in [-0.4, -0.2) is 19.8 Å². The first-order chi connectivity index (χ1) is 8.80. The molecular weight excluding hydrogens is 228 g/mol. The summed E-state index contributed by atoms with van der Waals surface area (Å²) in [5, 5.41) is 0. The van der Waals surface area contributed by atoms with Crippen molar-refractivity contribution in [2.45, 2.75) is 31.9 Å². The van der Waals surface area contributed by atoms with E-state index in [4.69, 9.17) is 15.3 Å². The molecule has 4 nitrogen and oxygen atoms in total. The van der Waals surface area contributed by atoms with Gasteiger partial charge in [-0.3, -0.25) is 11.3 Å². The first kappa shape index (κ1) is 13.3. The van der Waals surface area contributed by atoms with Crippen LogP contribution < -0.4 is 16.0 Å². The van der Waals surface area contributed by atoms with Gasteiger partial charge in [-0.25, -0.2) is 0 Å². The third-order valence-electron chi connectivity index (χ3n) is 3.42. The number of ether oxygens (including phenoxy) is 2. The minimum Gasteiger partial charge on any atom is -0.494 e. The molecule has 0 amide bonds. The van der Waals surface area contributed by atoms with Crippen molar-refractivity contribution in [2.75, 3.05) is 13.7 Å². The van der Waals surface area contributed by atoms with Crippen LogP contribution in [0.15, 0.2) is 24.3 Å². The maximum Gasteiger partial charge on any atom is 0.119 e. The minimum absolute atomic E-state index is 0.0400. The lowest BCUT2D eigenvalue weighted by Gasteiger charge is -2.25. The minimum atomic E-state index is 0.0400. The normalized spacial score (nSPS) is 18.4. The number of benzene rings is 1. The second-order valence-electron chi connectivity index (χ2n) is 4.68. The molecule has 1 aromatic rings. The Kier molecular flexibility index (Phi) is 4.58. The van der Waals surface area contributed by atoms with Crippen molar-refractivity contribution in [2.24, 2.45) is 11.8 Å². The first-order valence-electron chi connectivity index (χ1n) is 6.51. The van der Waals surface area contributed by atoms with E-state index in [1.54, 1.807) is 7.11 Å². The van der Waals surface area contributed by atoms with Crippen molar-refractivity contribution in [3.8, 4) is 5.75 Å². The lowest BCUT2D eigenvalue weighted by atomic mass is 9.98. The van der Waals surface area contributed by atoms with Gasteiger partial charge in [0.2, 0.25) is 0 Å². The van der Waals surface area contributed by atoms with Crippen LogP contribution in [0.3, 0.4) is 0 Å². The highest BCUT2D eigenvalue weighted by atomic mass is 16.5. The Balaban J connectivity index is 2.10. The Labute approximate surface area is 108 Å². The van der Waals surface area contributed by atoms with Gasteiger partial charge in [0.05, 0.1) is 18.8 Å². The maximum atomic E-state index is 5.68. The molecule has 100 valence electrons. The van der Waals surface area contributed by atoms with Gasteiger partial charge in [-0.05, 0) is 43.4 Å². The van der Waals surface area contributed by atoms with Gasteiger partial charge in [0.25, 0.3) is 0 Å². The van der Waals surface area contributed by atoms with Crippen LogP contribution in [0.2, 0.25) is 0 Å². The van der Waals surface area contributed by atoms with E-state index in [2.05, 4.69) is 5.43 Å². The number of hydrazine groups is 1. The zero-order valence-electron chi connectivity index (χ0n) is 11.1. The zero-order chi connectivity index (χ0) is 13.0. The highest BCUT2D eigenvalue weighted by Gasteiger charge is 2.37. The molecule has 0 spiro atoms. The van der Waals surface area contributed by atoms with Crippen LogP contribution in [0, 0.1) is 5.92 Å². The molecule has 1 aromatic carbocycles. The number of methoxy groups -OCH3 is 1. The van der Waals surface area contributed by atoms with E-state index in [-0.39, 0.29) is 12.1 Å². The number of hydrogen-bond donors (Lipinski definition) is 2. The molecule has 0 saturated heterocycles. The molecule has 1 aliphatic rings. The molecule has 2 rings (SSSR count). The molecule has 4 heteroatoms. The van der Waals surface area contributed by atoms with Crippen molar-refractivity contribution in [3.05, 3.63) is 29.8 Å². The molecule has 0 radical (unpaired) electrons. The van der Waals surface area contributed by atoms with E-state index in [9.17, 15) is 0 Å². The van der Waals surface area contributed by atoms with E-state index in [1.807, 2.05) is 31.2 Å². The van der Waals surface area contributed by atoms with E-state index < -0.39 is 0 Å². The van der Waals surface area contributed by atoms with E-state index >= 15 is 0 Å². The second kappa shape index (κ2) is 6.18. The summed E-state index contributed by atoms with van der Waals surface area (Å²) < 4.78 is 11.0. The monoisotopic (exact) mass is 250 g/mol. The van der Waals surface area contributed by atoms with Crippen molar-refractivity contribution in [1.29, 1.82) is 0 Å². The van der Waals surface area contributed by atoms with E-state index in [0.29, 0.717) is 12.5 Å². The summed E-state index contributed by atoms with van der Waals surface area (Å²) in [4.78, 5) is 0. The standard InChI is InChI=1S/C14H22N2O2/c1-3-18-12-8-6-10(7-9-12)13(16-15)14(17-2)11-4-5-11/h6-9,11,13-14,16H,3-5,15H2,1-2H3. The van der Waals surface area contributed by atoms with Gasteiger partial charge in [0.1, 0.15) is 5.75 Å². The molecule has 0 bridgehead atoms. The molecule has 0 aliphatic heterocycles. The summed E-state index contributed by atoms with van der Waals surface area (Å²) in [5.74, 6) is 7.20. The maximum absolute atomic E-state index is 5.68. The lowest BCUT2D eigenvalue weighted by Crippen LogP contribution is -2.38. The third kappa shape index (κ3) is 3.02. The predicted octanol–water partition coefficient (Wildman–Crippen LogP) is 2.01. The topological polar surface area (TPSA) is 56.5 Å². The molecule has 3 N–H and O–H groups in total. The number of nitrogens with two attached hydrogens (primary N) is 1. The Morgan fingerprint density at radius 1 is 1.33 bits per heavy atom. The fourth-order valence-corrected chi connectivity index (χ4v) is 2.34. The van der Waals surface area contributed by atoms with E-state index in [0.717, 1.165) is 11.3 Å². The second-order valence-corrected chi connectivity index (χ2v) is 4.68. The van der Waals surface area contributed by atoms with Crippen molar-refractivity contribution >= 4 is 0 Å². The average Bonchev–Trinajstić information content (AvgIpc) is 3.22. The molecular formula is C14H22N2O2. The summed E-state index contributed by atoms with van der Waals surface area (Å²) >= 11 is 0. The Morgan fingerprint density at radius 3 is 2.44 bits per heavy atom. The van der Waals surface area contributed by atoms with Gasteiger partial charge >= 0.3 is 0 Å². The van der Waals surface area contributed by atoms with Crippen LogP contribution in [0.4, 0.5) is 0 Å². The molecule has 1 saturated carbocycles. The Bertz CT molecular complexity index is 363. The third-order valence-corrected chi connectivity index (χ3v) is 3.42. The quantitative estimate of drug-likeness (QED) is 0.574. The molecule has 1 fully saturated rings. The van der Waals surface area contributed by atoms with Gasteiger partial charge in [-0.1, -0.05) is 12.1 Å². The van der Waals surface area contributed by atoms with Crippen molar-refractivity contribution in [3.63, 3.8) is 0 Å². The highest BCUT2D eigenvalue weighted by molar-refractivity contribution is 5.30. The van der Waals surface area contributed by atoms with Gasteiger partial charge in [-0.2, -0.15) is 0 Å². The summed E-state index contributed by atoms with van der Waals surface area (Å²) in [6.45, 7) is 2.66. The van der Waals surface area contributed by atoms with E-state index in [1.165, 1.54) is 12.8 Å². The fraction of sp³-hybridized carbons (Fsp3) is 0.571. The number of nitrogens with one attached hydrogen (secondary N) is 1. The average molecular weight is 250 g/mol. The SMILES string of the molecule is CCOc1ccc(C(NN)C(OC)C2CC2)cc1. The van der Waals surface area contributed by atoms with Crippen LogP contribution in [0.25, 0.3) is 0 Å². The van der Waals surface area contributed by atoms with Crippen molar-refractivity contribution in [1.82, 2.24) is 5.43 Å². The number of rotatable bonds is 7. The molecule has 0 aromatic heterocycles. The van der Waals surface area contributed by atoms with Gasteiger partial charge in [0.15, 0.2) is 0 Å². The summed E-state index contributed by atoms with van der Waals surface area (Å²) in [5.41, 5.74) is 4.01. The zero-order valence-corrected chi connectivity index (χ0v) is 11.1. The molecule has 2 unspecified atom stereocenters. The highest BCUT2D eigenvalue weighted by Crippen LogP contribution is 2.39. The number of hydrogen-bond acceptors (Lipinski definition) is 4. The Morgan fingerprint density at radius 2 is 2.00 bits per heavy atom. The fourth-order valence-electron chi connectivity index (χ4n) is 2.34. The molecule has 18 heavy (non-hydrogen) atoms. The van der Waals surface area contributed by atoms with Crippen LogP contribution in [0.1, 0.15) is 31.4 Å². The van der Waals surface area contributed by atoms with Crippen LogP contribution in [-0.2, 0) is 4.74 Å². The largest absolute Gasteiger partial charge is 0.494 e.